The molecule has 0 radical (unpaired) electrons. The van der Waals surface area contributed by atoms with Crippen molar-refractivity contribution in [2.45, 2.75) is 31.4 Å². The van der Waals surface area contributed by atoms with E-state index < -0.39 is 20.5 Å². The second kappa shape index (κ2) is 7.55. The van der Waals surface area contributed by atoms with E-state index in [9.17, 15) is 17.6 Å². The van der Waals surface area contributed by atoms with E-state index in [1.807, 2.05) is 31.2 Å². The molecule has 0 saturated heterocycles. The molecule has 7 heteroatoms. The molecule has 5 nitrogen and oxygen atoms in total. The van der Waals surface area contributed by atoms with Gasteiger partial charge in [-0.3, -0.25) is 10.0 Å². The summed E-state index contributed by atoms with van der Waals surface area (Å²) in [6.45, 7) is 3.13. The summed E-state index contributed by atoms with van der Waals surface area (Å²) in [5, 5.41) is 8.85. The largest absolute Gasteiger partial charge is 0.289 e. The number of nitrogens with one attached hydrogen (secondary N) is 1. The monoisotopic (exact) mass is 379 g/mol. The van der Waals surface area contributed by atoms with Gasteiger partial charge in [-0.2, -0.15) is 0 Å². The minimum atomic E-state index is -3.71. The first-order valence-corrected chi connectivity index (χ1v) is 9.97. The van der Waals surface area contributed by atoms with Crippen molar-refractivity contribution < 1.29 is 22.8 Å². The fraction of sp³-hybridized carbons (Fsp3) is 0.316. The second-order valence-corrected chi connectivity index (χ2v) is 9.05. The molecule has 0 heterocycles. The maximum atomic E-state index is 13.2. The molecule has 0 aliphatic heterocycles. The molecule has 0 aliphatic rings. The Labute approximate surface area is 152 Å². The topological polar surface area (TPSA) is 83.5 Å². The standard InChI is InChI=1S/C19H22FNO4S/c1-13-12-16(20)8-9-17(13)15-6-4-14(5-7-15)10-11-19(2,18(22)21-23)26(3,24)25/h4-9,12,23H,10-11H2,1-3H3,(H,21,22). The molecule has 1 atom stereocenters. The number of rotatable bonds is 6. The van der Waals surface area contributed by atoms with Crippen molar-refractivity contribution in [3.8, 4) is 11.1 Å². The highest BCUT2D eigenvalue weighted by Crippen LogP contribution is 2.27. The molecule has 2 N–H and O–H groups in total. The molecular weight excluding hydrogens is 357 g/mol. The lowest BCUT2D eigenvalue weighted by Crippen LogP contribution is -2.49. The van der Waals surface area contributed by atoms with E-state index in [0.717, 1.165) is 28.5 Å². The number of carbonyl (C=O) groups excluding carboxylic acids is 1. The third kappa shape index (κ3) is 4.11. The first-order valence-electron chi connectivity index (χ1n) is 8.08. The third-order valence-electron chi connectivity index (χ3n) is 4.74. The number of hydrogen-bond donors (Lipinski definition) is 2. The van der Waals surface area contributed by atoms with Crippen molar-refractivity contribution in [2.75, 3.05) is 6.26 Å². The molecule has 2 aromatic rings. The van der Waals surface area contributed by atoms with Crippen molar-refractivity contribution in [1.29, 1.82) is 0 Å². The Kier molecular flexibility index (Phi) is 5.83. The molecule has 2 rings (SSSR count). The van der Waals surface area contributed by atoms with Gasteiger partial charge in [-0.25, -0.2) is 18.3 Å². The molecule has 0 spiro atoms. The molecule has 0 aliphatic carbocycles. The summed E-state index contributed by atoms with van der Waals surface area (Å²) in [5.74, 6) is -1.23. The minimum Gasteiger partial charge on any atom is -0.289 e. The van der Waals surface area contributed by atoms with Gasteiger partial charge in [0.05, 0.1) is 0 Å². The lowest BCUT2D eigenvalue weighted by atomic mass is 9.96. The molecule has 1 unspecified atom stereocenters. The summed E-state index contributed by atoms with van der Waals surface area (Å²) < 4.78 is 35.5. The number of halogens is 1. The number of sulfone groups is 1. The first-order chi connectivity index (χ1) is 12.1. The summed E-state index contributed by atoms with van der Waals surface area (Å²) in [7, 11) is -3.71. The minimum absolute atomic E-state index is 0.0349. The SMILES string of the molecule is Cc1cc(F)ccc1-c1ccc(CCC(C)(C(=O)NO)S(C)(=O)=O)cc1. The van der Waals surface area contributed by atoms with Crippen LogP contribution in [0.15, 0.2) is 42.5 Å². The number of hydrogen-bond acceptors (Lipinski definition) is 4. The van der Waals surface area contributed by atoms with Crippen LogP contribution in [0.25, 0.3) is 11.1 Å². The predicted octanol–water partition coefficient (Wildman–Crippen LogP) is 3.04. The Morgan fingerprint density at radius 3 is 2.31 bits per heavy atom. The molecule has 2 aromatic carbocycles. The van der Waals surface area contributed by atoms with Crippen LogP contribution in [0.3, 0.4) is 0 Å². The van der Waals surface area contributed by atoms with Crippen LogP contribution in [0.4, 0.5) is 4.39 Å². The Bertz CT molecular complexity index is 910. The Hall–Kier alpha value is -2.25. The van der Waals surface area contributed by atoms with Gasteiger partial charge < -0.3 is 0 Å². The Morgan fingerprint density at radius 2 is 1.81 bits per heavy atom. The van der Waals surface area contributed by atoms with Crippen LogP contribution in [-0.4, -0.2) is 30.5 Å². The van der Waals surface area contributed by atoms with Crippen molar-refractivity contribution in [3.63, 3.8) is 0 Å². The van der Waals surface area contributed by atoms with E-state index in [4.69, 9.17) is 5.21 Å². The number of carbonyl (C=O) groups is 1. The van der Waals surface area contributed by atoms with Gasteiger partial charge >= 0.3 is 0 Å². The van der Waals surface area contributed by atoms with E-state index in [1.165, 1.54) is 24.5 Å². The van der Waals surface area contributed by atoms with Crippen molar-refractivity contribution in [1.82, 2.24) is 5.48 Å². The Morgan fingerprint density at radius 1 is 1.19 bits per heavy atom. The van der Waals surface area contributed by atoms with E-state index >= 15 is 0 Å². The highest BCUT2D eigenvalue weighted by molar-refractivity contribution is 7.92. The summed E-state index contributed by atoms with van der Waals surface area (Å²) >= 11 is 0. The van der Waals surface area contributed by atoms with E-state index in [1.54, 1.807) is 6.07 Å². The van der Waals surface area contributed by atoms with Crippen LogP contribution in [0.2, 0.25) is 0 Å². The van der Waals surface area contributed by atoms with Gasteiger partial charge in [0, 0.05) is 6.26 Å². The zero-order chi connectivity index (χ0) is 19.5. The van der Waals surface area contributed by atoms with Gasteiger partial charge in [0.2, 0.25) is 0 Å². The number of aryl methyl sites for hydroxylation is 2. The van der Waals surface area contributed by atoms with Crippen molar-refractivity contribution >= 4 is 15.7 Å². The van der Waals surface area contributed by atoms with Gasteiger partial charge in [0.1, 0.15) is 10.6 Å². The maximum Gasteiger partial charge on any atom is 0.264 e. The normalized spacial score (nSPS) is 13.9. The fourth-order valence-electron chi connectivity index (χ4n) is 2.77. The molecular formula is C19H22FNO4S. The van der Waals surface area contributed by atoms with Gasteiger partial charge in [-0.1, -0.05) is 30.3 Å². The lowest BCUT2D eigenvalue weighted by Gasteiger charge is -2.25. The van der Waals surface area contributed by atoms with Crippen molar-refractivity contribution in [3.05, 3.63) is 59.4 Å². The lowest BCUT2D eigenvalue weighted by molar-refractivity contribution is -0.131. The van der Waals surface area contributed by atoms with Crippen LogP contribution in [0, 0.1) is 12.7 Å². The summed E-state index contributed by atoms with van der Waals surface area (Å²) in [5.41, 5.74) is 4.95. The predicted molar refractivity (Wildman–Crippen MR) is 98.1 cm³/mol. The summed E-state index contributed by atoms with van der Waals surface area (Å²) in [6, 6.07) is 12.0. The second-order valence-electron chi connectivity index (χ2n) is 6.60. The fourth-order valence-corrected chi connectivity index (χ4v) is 3.63. The average Bonchev–Trinajstić information content (AvgIpc) is 2.58. The van der Waals surface area contributed by atoms with Crippen LogP contribution >= 0.6 is 0 Å². The third-order valence-corrected chi connectivity index (χ3v) is 6.77. The van der Waals surface area contributed by atoms with E-state index in [0.29, 0.717) is 6.42 Å². The van der Waals surface area contributed by atoms with Gasteiger partial charge in [-0.05, 0) is 61.1 Å². The van der Waals surface area contributed by atoms with Crippen LogP contribution in [0.5, 0.6) is 0 Å². The highest BCUT2D eigenvalue weighted by atomic mass is 32.2. The van der Waals surface area contributed by atoms with Crippen molar-refractivity contribution in [2.24, 2.45) is 0 Å². The number of hydroxylamine groups is 1. The summed E-state index contributed by atoms with van der Waals surface area (Å²) in [4.78, 5) is 11.8. The molecule has 0 saturated carbocycles. The van der Waals surface area contributed by atoms with E-state index in [-0.39, 0.29) is 12.2 Å². The molecule has 140 valence electrons. The molecule has 0 bridgehead atoms. The van der Waals surface area contributed by atoms with Gasteiger partial charge in [0.25, 0.3) is 5.91 Å². The molecule has 1 amide bonds. The quantitative estimate of drug-likeness (QED) is 0.597. The number of amides is 1. The van der Waals surface area contributed by atoms with Crippen LogP contribution < -0.4 is 5.48 Å². The first kappa shape index (κ1) is 20.1. The average molecular weight is 379 g/mol. The van der Waals surface area contributed by atoms with Crippen LogP contribution in [-0.2, 0) is 21.1 Å². The molecule has 0 aromatic heterocycles. The van der Waals surface area contributed by atoms with E-state index in [2.05, 4.69) is 0 Å². The highest BCUT2D eigenvalue weighted by Gasteiger charge is 2.43. The zero-order valence-corrected chi connectivity index (χ0v) is 15.7. The maximum absolute atomic E-state index is 13.2. The van der Waals surface area contributed by atoms with Gasteiger partial charge in [-0.15, -0.1) is 0 Å². The van der Waals surface area contributed by atoms with Gasteiger partial charge in [0.15, 0.2) is 9.84 Å². The smallest absolute Gasteiger partial charge is 0.264 e. The number of benzene rings is 2. The Balaban J connectivity index is 2.20. The molecule has 0 fully saturated rings. The molecule has 26 heavy (non-hydrogen) atoms. The zero-order valence-electron chi connectivity index (χ0n) is 14.9. The summed E-state index contributed by atoms with van der Waals surface area (Å²) in [6.07, 6.45) is 1.36. The van der Waals surface area contributed by atoms with Crippen LogP contribution in [0.1, 0.15) is 24.5 Å².